The summed E-state index contributed by atoms with van der Waals surface area (Å²) in [4.78, 5) is 23.3. The highest BCUT2D eigenvalue weighted by Gasteiger charge is 2.41. The minimum absolute atomic E-state index is 0.224. The normalized spacial score (nSPS) is 25.9. The molecule has 1 heterocycles. The number of nitrogens with one attached hydrogen (secondary N) is 2. The van der Waals surface area contributed by atoms with Crippen LogP contribution in [0.2, 0.25) is 0 Å². The number of nitrogens with zero attached hydrogens (tertiary/aromatic N) is 2. The van der Waals surface area contributed by atoms with Crippen molar-refractivity contribution < 1.29 is 4.79 Å². The molecule has 0 radical (unpaired) electrons. The van der Waals surface area contributed by atoms with Gasteiger partial charge in [-0.2, -0.15) is 0 Å². The van der Waals surface area contributed by atoms with E-state index in [1.165, 1.54) is 16.3 Å². The Morgan fingerprint density at radius 1 is 1.67 bits per heavy atom. The molecular weight excluding hydrogens is 290 g/mol. The monoisotopic (exact) mass is 313 g/mol. The summed E-state index contributed by atoms with van der Waals surface area (Å²) < 4.78 is 1.49. The fourth-order valence-electron chi connectivity index (χ4n) is 2.75. The van der Waals surface area contributed by atoms with Crippen molar-refractivity contribution in [2.75, 3.05) is 6.54 Å². The lowest BCUT2D eigenvalue weighted by molar-refractivity contribution is -0.125. The molecule has 0 saturated heterocycles. The summed E-state index contributed by atoms with van der Waals surface area (Å²) in [7, 11) is 1.69. The first-order chi connectivity index (χ1) is 9.98. The van der Waals surface area contributed by atoms with Crippen LogP contribution < -0.4 is 16.7 Å². The van der Waals surface area contributed by atoms with E-state index in [-0.39, 0.29) is 16.8 Å². The van der Waals surface area contributed by atoms with E-state index in [0.717, 1.165) is 32.2 Å². The number of hydrogen-bond donors (Lipinski definition) is 3. The molecule has 8 heteroatoms. The molecule has 0 aromatic carbocycles. The Bertz CT molecular complexity index is 555. The van der Waals surface area contributed by atoms with Gasteiger partial charge in [0.1, 0.15) is 0 Å². The molecule has 4 N–H and O–H groups in total. The van der Waals surface area contributed by atoms with Crippen LogP contribution in [-0.2, 0) is 11.8 Å². The van der Waals surface area contributed by atoms with Gasteiger partial charge in [0.05, 0.1) is 5.54 Å². The van der Waals surface area contributed by atoms with Crippen molar-refractivity contribution in [2.45, 2.75) is 55.0 Å². The maximum atomic E-state index is 11.9. The second-order valence-electron chi connectivity index (χ2n) is 5.58. The Balaban J connectivity index is 2.10. The van der Waals surface area contributed by atoms with Gasteiger partial charge in [-0.15, -0.1) is 5.10 Å². The number of hydrogen-bond acceptors (Lipinski definition) is 5. The molecule has 1 aromatic rings. The number of aromatic nitrogens is 3. The topological polar surface area (TPSA) is 106 Å². The van der Waals surface area contributed by atoms with Gasteiger partial charge < -0.3 is 11.1 Å². The van der Waals surface area contributed by atoms with Gasteiger partial charge in [0.2, 0.25) is 5.91 Å². The predicted molar refractivity (Wildman–Crippen MR) is 82.2 cm³/mol. The quantitative estimate of drug-likeness (QED) is 0.703. The average Bonchev–Trinajstić information content (AvgIpc) is 2.77. The van der Waals surface area contributed by atoms with Crippen LogP contribution in [0.1, 0.15) is 39.0 Å². The average molecular weight is 313 g/mol. The number of aromatic amines is 1. The van der Waals surface area contributed by atoms with Crippen molar-refractivity contribution in [3.63, 3.8) is 0 Å². The number of nitrogens with two attached hydrogens (primary N) is 1. The van der Waals surface area contributed by atoms with E-state index in [0.29, 0.717) is 11.6 Å². The van der Waals surface area contributed by atoms with Crippen LogP contribution in [0, 0.1) is 0 Å². The lowest BCUT2D eigenvalue weighted by atomic mass is 9.80. The molecule has 0 bridgehead atoms. The fourth-order valence-corrected chi connectivity index (χ4v) is 4.04. The Kier molecular flexibility index (Phi) is 5.10. The van der Waals surface area contributed by atoms with E-state index in [4.69, 9.17) is 5.73 Å². The smallest absolute Gasteiger partial charge is 0.343 e. The molecule has 118 valence electrons. The van der Waals surface area contributed by atoms with Crippen LogP contribution in [0.4, 0.5) is 0 Å². The summed E-state index contributed by atoms with van der Waals surface area (Å²) in [5, 5.41) is 10.7. The van der Waals surface area contributed by atoms with Crippen LogP contribution in [0.15, 0.2) is 9.95 Å². The second kappa shape index (κ2) is 6.65. The second-order valence-corrected chi connectivity index (χ2v) is 6.85. The van der Waals surface area contributed by atoms with Gasteiger partial charge in [-0.1, -0.05) is 18.7 Å². The zero-order valence-electron chi connectivity index (χ0n) is 12.5. The Hall–Kier alpha value is -1.28. The van der Waals surface area contributed by atoms with E-state index in [1.807, 2.05) is 0 Å². The molecule has 0 aliphatic heterocycles. The van der Waals surface area contributed by atoms with E-state index in [9.17, 15) is 9.59 Å². The number of primary amides is 1. The number of carbonyl (C=O) groups excluding carboxylic acids is 1. The van der Waals surface area contributed by atoms with Crippen molar-refractivity contribution in [3.05, 3.63) is 10.5 Å². The fraction of sp³-hybridized carbons (Fsp3) is 0.769. The maximum absolute atomic E-state index is 11.9. The third-order valence-electron chi connectivity index (χ3n) is 4.00. The zero-order chi connectivity index (χ0) is 15.5. The predicted octanol–water partition coefficient (Wildman–Crippen LogP) is 0.367. The van der Waals surface area contributed by atoms with Crippen LogP contribution in [0.25, 0.3) is 0 Å². The molecule has 1 aliphatic rings. The largest absolute Gasteiger partial charge is 0.368 e. The lowest BCUT2D eigenvalue weighted by Crippen LogP contribution is -2.58. The highest BCUT2D eigenvalue weighted by Crippen LogP contribution is 2.37. The number of H-pyrrole nitrogens is 1. The minimum Gasteiger partial charge on any atom is -0.368 e. The summed E-state index contributed by atoms with van der Waals surface area (Å²) in [6.07, 6.45) is 4.35. The molecule has 2 unspecified atom stereocenters. The lowest BCUT2D eigenvalue weighted by Gasteiger charge is -2.38. The maximum Gasteiger partial charge on any atom is 0.343 e. The van der Waals surface area contributed by atoms with Crippen molar-refractivity contribution in [2.24, 2.45) is 12.8 Å². The number of amides is 1. The molecule has 2 atom stereocenters. The molecule has 1 fully saturated rings. The first-order valence-corrected chi connectivity index (χ1v) is 8.19. The van der Waals surface area contributed by atoms with Crippen molar-refractivity contribution >= 4 is 17.7 Å². The summed E-state index contributed by atoms with van der Waals surface area (Å²) in [6, 6.07) is 0. The third kappa shape index (κ3) is 3.49. The van der Waals surface area contributed by atoms with E-state index >= 15 is 0 Å². The van der Waals surface area contributed by atoms with Gasteiger partial charge in [-0.25, -0.2) is 9.89 Å². The summed E-state index contributed by atoms with van der Waals surface area (Å²) >= 11 is 1.54. The molecular formula is C13H23N5O2S. The van der Waals surface area contributed by atoms with Gasteiger partial charge in [0.15, 0.2) is 5.16 Å². The Morgan fingerprint density at radius 3 is 3.00 bits per heavy atom. The first kappa shape index (κ1) is 16.1. The summed E-state index contributed by atoms with van der Waals surface area (Å²) in [5.41, 5.74) is 4.80. The molecule has 1 amide bonds. The van der Waals surface area contributed by atoms with Gasteiger partial charge >= 0.3 is 5.69 Å². The SMILES string of the molecule is CCCNC1(C(N)=O)CCCC(Sc2n[nH]c(=O)n2C)C1. The molecule has 2 rings (SSSR count). The van der Waals surface area contributed by atoms with Crippen LogP contribution in [0.5, 0.6) is 0 Å². The standard InChI is InChI=1S/C13H23N5O2S/c1-3-7-15-13(10(14)19)6-4-5-9(8-13)21-12-17-16-11(20)18(12)2/h9,15H,3-8H2,1-2H3,(H2,14,19)(H,16,20). The Morgan fingerprint density at radius 2 is 2.43 bits per heavy atom. The molecule has 1 aliphatic carbocycles. The van der Waals surface area contributed by atoms with E-state index in [1.54, 1.807) is 7.05 Å². The number of thioether (sulfide) groups is 1. The van der Waals surface area contributed by atoms with Crippen LogP contribution in [-0.4, -0.2) is 38.0 Å². The molecule has 0 spiro atoms. The van der Waals surface area contributed by atoms with Crippen LogP contribution in [0.3, 0.4) is 0 Å². The number of rotatable bonds is 6. The Labute approximate surface area is 128 Å². The van der Waals surface area contributed by atoms with Gasteiger partial charge in [0.25, 0.3) is 0 Å². The number of carbonyl (C=O) groups is 1. The minimum atomic E-state index is -0.624. The van der Waals surface area contributed by atoms with Gasteiger partial charge in [0, 0.05) is 12.3 Å². The van der Waals surface area contributed by atoms with Crippen molar-refractivity contribution in [1.82, 2.24) is 20.1 Å². The summed E-state index contributed by atoms with van der Waals surface area (Å²) in [6.45, 7) is 2.84. The first-order valence-electron chi connectivity index (χ1n) is 7.31. The molecule has 7 nitrogen and oxygen atoms in total. The van der Waals surface area contributed by atoms with Gasteiger partial charge in [-0.3, -0.25) is 9.36 Å². The molecule has 21 heavy (non-hydrogen) atoms. The van der Waals surface area contributed by atoms with Gasteiger partial charge in [-0.05, 0) is 38.6 Å². The molecule has 1 aromatic heterocycles. The van der Waals surface area contributed by atoms with Crippen molar-refractivity contribution in [3.8, 4) is 0 Å². The molecule has 1 saturated carbocycles. The summed E-state index contributed by atoms with van der Waals surface area (Å²) in [5.74, 6) is -0.280. The van der Waals surface area contributed by atoms with E-state index < -0.39 is 5.54 Å². The highest BCUT2D eigenvalue weighted by molar-refractivity contribution is 7.99. The van der Waals surface area contributed by atoms with Crippen LogP contribution >= 0.6 is 11.8 Å². The third-order valence-corrected chi connectivity index (χ3v) is 5.31. The zero-order valence-corrected chi connectivity index (χ0v) is 13.3. The highest BCUT2D eigenvalue weighted by atomic mass is 32.2. The van der Waals surface area contributed by atoms with Crippen molar-refractivity contribution in [1.29, 1.82) is 0 Å². The van der Waals surface area contributed by atoms with E-state index in [2.05, 4.69) is 22.4 Å².